The van der Waals surface area contributed by atoms with E-state index in [2.05, 4.69) is 5.32 Å². The number of aliphatic hydroxyl groups excluding tert-OH is 1. The van der Waals surface area contributed by atoms with Crippen LogP contribution in [0.3, 0.4) is 0 Å². The van der Waals surface area contributed by atoms with E-state index in [1.54, 1.807) is 19.1 Å². The first-order valence-corrected chi connectivity index (χ1v) is 5.02. The van der Waals surface area contributed by atoms with E-state index in [0.29, 0.717) is 0 Å². The zero-order valence-corrected chi connectivity index (χ0v) is 8.75. The van der Waals surface area contributed by atoms with Crippen molar-refractivity contribution in [3.63, 3.8) is 0 Å². The Hall–Kier alpha value is -1.75. The molecule has 5 heteroatoms. The van der Waals surface area contributed by atoms with Gasteiger partial charge in [-0.2, -0.15) is 0 Å². The molecule has 3 N–H and O–H groups in total. The van der Waals surface area contributed by atoms with Crippen molar-refractivity contribution < 1.29 is 19.7 Å². The SMILES string of the molecule is CC(O)C1OC(=O)NC1c1ccc(O)cc1. The Morgan fingerprint density at radius 1 is 1.38 bits per heavy atom. The van der Waals surface area contributed by atoms with Crippen molar-refractivity contribution in [2.24, 2.45) is 0 Å². The summed E-state index contributed by atoms with van der Waals surface area (Å²) < 4.78 is 4.96. The number of benzene rings is 1. The fourth-order valence-corrected chi connectivity index (χ4v) is 1.77. The number of phenolic OH excluding ortho intramolecular Hbond substituents is 1. The molecule has 1 heterocycles. The lowest BCUT2D eigenvalue weighted by Gasteiger charge is -2.19. The highest BCUT2D eigenvalue weighted by Crippen LogP contribution is 2.27. The van der Waals surface area contributed by atoms with Crippen LogP contribution in [0.2, 0.25) is 0 Å². The van der Waals surface area contributed by atoms with E-state index in [1.165, 1.54) is 12.1 Å². The van der Waals surface area contributed by atoms with Gasteiger partial charge in [0, 0.05) is 0 Å². The largest absolute Gasteiger partial charge is 0.508 e. The summed E-state index contributed by atoms with van der Waals surface area (Å²) in [5.41, 5.74) is 0.787. The lowest BCUT2D eigenvalue weighted by atomic mass is 9.99. The third kappa shape index (κ3) is 1.94. The number of nitrogens with one attached hydrogen (secondary N) is 1. The molecule has 0 bridgehead atoms. The minimum absolute atomic E-state index is 0.155. The molecule has 16 heavy (non-hydrogen) atoms. The summed E-state index contributed by atoms with van der Waals surface area (Å²) in [6.07, 6.45) is -1.89. The van der Waals surface area contributed by atoms with Crippen molar-refractivity contribution in [2.45, 2.75) is 25.2 Å². The number of hydrogen-bond acceptors (Lipinski definition) is 4. The molecule has 5 nitrogen and oxygen atoms in total. The predicted octanol–water partition coefficient (Wildman–Crippen LogP) is 0.922. The Bertz CT molecular complexity index is 387. The third-order valence-electron chi connectivity index (χ3n) is 2.57. The number of aromatic hydroxyl groups is 1. The van der Waals surface area contributed by atoms with Crippen LogP contribution in [0.4, 0.5) is 4.79 Å². The first kappa shape index (κ1) is 10.8. The van der Waals surface area contributed by atoms with Gasteiger partial charge in [-0.05, 0) is 24.6 Å². The summed E-state index contributed by atoms with van der Waals surface area (Å²) in [5, 5.41) is 21.3. The van der Waals surface area contributed by atoms with Crippen LogP contribution in [0.5, 0.6) is 5.75 Å². The molecule has 0 spiro atoms. The molecule has 3 atom stereocenters. The van der Waals surface area contributed by atoms with Gasteiger partial charge in [0.15, 0.2) is 6.10 Å². The molecule has 3 unspecified atom stereocenters. The highest BCUT2D eigenvalue weighted by atomic mass is 16.6. The summed E-state index contributed by atoms with van der Waals surface area (Å²) in [4.78, 5) is 11.1. The summed E-state index contributed by atoms with van der Waals surface area (Å²) in [5.74, 6) is 0.155. The molecular weight excluding hydrogens is 210 g/mol. The van der Waals surface area contributed by atoms with Gasteiger partial charge in [-0.3, -0.25) is 0 Å². The van der Waals surface area contributed by atoms with Crippen LogP contribution in [0.1, 0.15) is 18.5 Å². The monoisotopic (exact) mass is 223 g/mol. The molecule has 1 aromatic carbocycles. The highest BCUT2D eigenvalue weighted by molar-refractivity contribution is 5.70. The molecule has 0 aromatic heterocycles. The van der Waals surface area contributed by atoms with E-state index in [0.717, 1.165) is 5.56 Å². The van der Waals surface area contributed by atoms with Gasteiger partial charge in [0.25, 0.3) is 0 Å². The number of amides is 1. The number of hydrogen-bond donors (Lipinski definition) is 3. The molecule has 1 saturated heterocycles. The van der Waals surface area contributed by atoms with Gasteiger partial charge >= 0.3 is 6.09 Å². The smallest absolute Gasteiger partial charge is 0.408 e. The number of ether oxygens (including phenoxy) is 1. The van der Waals surface area contributed by atoms with E-state index in [9.17, 15) is 9.90 Å². The standard InChI is InChI=1S/C11H13NO4/c1-6(13)10-9(12-11(15)16-10)7-2-4-8(14)5-3-7/h2-6,9-10,13-14H,1H3,(H,12,15). The summed E-state index contributed by atoms with van der Waals surface area (Å²) in [7, 11) is 0. The Balaban J connectivity index is 2.25. The van der Waals surface area contributed by atoms with Crippen LogP contribution < -0.4 is 5.32 Å². The van der Waals surface area contributed by atoms with Crippen LogP contribution in [0, 0.1) is 0 Å². The quantitative estimate of drug-likeness (QED) is 0.696. The molecule has 1 aromatic rings. The fourth-order valence-electron chi connectivity index (χ4n) is 1.77. The molecule has 1 aliphatic rings. The van der Waals surface area contributed by atoms with Crippen LogP contribution in [-0.4, -0.2) is 28.5 Å². The van der Waals surface area contributed by atoms with Crippen LogP contribution in [0.25, 0.3) is 0 Å². The van der Waals surface area contributed by atoms with E-state index in [-0.39, 0.29) is 11.8 Å². The number of rotatable bonds is 2. The van der Waals surface area contributed by atoms with E-state index in [4.69, 9.17) is 9.84 Å². The average Bonchev–Trinajstić information content (AvgIpc) is 2.61. The molecule has 1 amide bonds. The van der Waals surface area contributed by atoms with Gasteiger partial charge in [0.2, 0.25) is 0 Å². The third-order valence-corrected chi connectivity index (χ3v) is 2.57. The number of alkyl carbamates (subject to hydrolysis) is 1. The van der Waals surface area contributed by atoms with Gasteiger partial charge in [-0.25, -0.2) is 4.79 Å². The van der Waals surface area contributed by atoms with Gasteiger partial charge in [-0.15, -0.1) is 0 Å². The minimum atomic E-state index is -0.752. The summed E-state index contributed by atoms with van der Waals surface area (Å²) in [6, 6.07) is 6.04. The van der Waals surface area contributed by atoms with Gasteiger partial charge in [-0.1, -0.05) is 12.1 Å². The van der Waals surface area contributed by atoms with Gasteiger partial charge < -0.3 is 20.3 Å². The summed E-state index contributed by atoms with van der Waals surface area (Å²) in [6.45, 7) is 1.57. The molecule has 2 rings (SSSR count). The maximum Gasteiger partial charge on any atom is 0.408 e. The number of cyclic esters (lactones) is 1. The topological polar surface area (TPSA) is 78.8 Å². The second-order valence-corrected chi connectivity index (χ2v) is 3.82. The van der Waals surface area contributed by atoms with E-state index >= 15 is 0 Å². The van der Waals surface area contributed by atoms with Gasteiger partial charge in [0.1, 0.15) is 5.75 Å². The van der Waals surface area contributed by atoms with Crippen molar-refractivity contribution in [3.05, 3.63) is 29.8 Å². The molecule has 86 valence electrons. The van der Waals surface area contributed by atoms with E-state index < -0.39 is 18.3 Å². The van der Waals surface area contributed by atoms with E-state index in [1.807, 2.05) is 0 Å². The Morgan fingerprint density at radius 2 is 2.00 bits per heavy atom. The van der Waals surface area contributed by atoms with Crippen LogP contribution in [0.15, 0.2) is 24.3 Å². The lowest BCUT2D eigenvalue weighted by molar-refractivity contribution is 0.0293. The number of carbonyl (C=O) groups excluding carboxylic acids is 1. The lowest BCUT2D eigenvalue weighted by Crippen LogP contribution is -2.30. The van der Waals surface area contributed by atoms with Crippen molar-refractivity contribution >= 4 is 6.09 Å². The minimum Gasteiger partial charge on any atom is -0.508 e. The van der Waals surface area contributed by atoms with Crippen molar-refractivity contribution in [1.82, 2.24) is 5.32 Å². The molecule has 0 aliphatic carbocycles. The fraction of sp³-hybridized carbons (Fsp3) is 0.364. The normalized spacial score (nSPS) is 26.0. The second-order valence-electron chi connectivity index (χ2n) is 3.82. The Kier molecular flexibility index (Phi) is 2.70. The molecule has 0 saturated carbocycles. The zero-order valence-electron chi connectivity index (χ0n) is 8.75. The van der Waals surface area contributed by atoms with Crippen molar-refractivity contribution in [3.8, 4) is 5.75 Å². The first-order chi connectivity index (χ1) is 7.58. The van der Waals surface area contributed by atoms with Crippen LogP contribution >= 0.6 is 0 Å². The zero-order chi connectivity index (χ0) is 11.7. The van der Waals surface area contributed by atoms with Crippen LogP contribution in [-0.2, 0) is 4.74 Å². The Morgan fingerprint density at radius 3 is 2.56 bits per heavy atom. The highest BCUT2D eigenvalue weighted by Gasteiger charge is 2.38. The first-order valence-electron chi connectivity index (χ1n) is 5.02. The molecule has 0 radical (unpaired) electrons. The Labute approximate surface area is 92.7 Å². The molecular formula is C11H13NO4. The second kappa shape index (κ2) is 4.02. The number of aliphatic hydroxyl groups is 1. The number of phenols is 1. The predicted molar refractivity (Wildman–Crippen MR) is 55.9 cm³/mol. The molecule has 1 aliphatic heterocycles. The van der Waals surface area contributed by atoms with Crippen molar-refractivity contribution in [1.29, 1.82) is 0 Å². The number of carbonyl (C=O) groups is 1. The molecule has 1 fully saturated rings. The summed E-state index contributed by atoms with van der Waals surface area (Å²) >= 11 is 0. The van der Waals surface area contributed by atoms with Gasteiger partial charge in [0.05, 0.1) is 12.1 Å². The maximum atomic E-state index is 11.1. The van der Waals surface area contributed by atoms with Crippen molar-refractivity contribution in [2.75, 3.05) is 0 Å². The maximum absolute atomic E-state index is 11.1. The average molecular weight is 223 g/mol.